The van der Waals surface area contributed by atoms with Gasteiger partial charge in [0.2, 0.25) is 0 Å². The summed E-state index contributed by atoms with van der Waals surface area (Å²) >= 11 is 0. The predicted octanol–water partition coefficient (Wildman–Crippen LogP) is 2.83. The molecule has 1 aromatic heterocycles. The van der Waals surface area contributed by atoms with E-state index in [2.05, 4.69) is 10.3 Å². The van der Waals surface area contributed by atoms with Crippen molar-refractivity contribution in [2.75, 3.05) is 5.32 Å². The van der Waals surface area contributed by atoms with Gasteiger partial charge in [0.15, 0.2) is 5.82 Å². The van der Waals surface area contributed by atoms with Crippen LogP contribution in [0.2, 0.25) is 0 Å². The summed E-state index contributed by atoms with van der Waals surface area (Å²) in [6, 6.07) is 13.8. The fraction of sp³-hybridized carbons (Fsp3) is 0.0667. The number of imidazole rings is 1. The summed E-state index contributed by atoms with van der Waals surface area (Å²) in [6.07, 6.45) is 3.36. The molecule has 1 N–H and O–H groups in total. The van der Waals surface area contributed by atoms with Gasteiger partial charge in [-0.25, -0.2) is 4.98 Å². The summed E-state index contributed by atoms with van der Waals surface area (Å²) in [7, 11) is 1.80. The van der Waals surface area contributed by atoms with E-state index in [-0.39, 0.29) is 5.91 Å². The maximum Gasteiger partial charge on any atom is 0.291 e. The number of carbonyl (C=O) groups excluding carboxylic acids is 1. The van der Waals surface area contributed by atoms with E-state index >= 15 is 0 Å². The number of aromatic nitrogens is 2. The summed E-state index contributed by atoms with van der Waals surface area (Å²) in [5.41, 5.74) is 0.797. The normalized spacial score (nSPS) is 10.6. The average molecular weight is 251 g/mol. The highest BCUT2D eigenvalue weighted by molar-refractivity contribution is 6.07. The third-order valence-electron chi connectivity index (χ3n) is 3.06. The maximum atomic E-state index is 12.1. The van der Waals surface area contributed by atoms with Crippen molar-refractivity contribution in [3.8, 4) is 0 Å². The van der Waals surface area contributed by atoms with Gasteiger partial charge in [-0.15, -0.1) is 0 Å². The molecule has 4 heteroatoms. The second-order valence-electron chi connectivity index (χ2n) is 4.34. The zero-order chi connectivity index (χ0) is 13.2. The third-order valence-corrected chi connectivity index (χ3v) is 3.06. The minimum Gasteiger partial charge on any atom is -0.330 e. The van der Waals surface area contributed by atoms with Crippen LogP contribution >= 0.6 is 0 Å². The summed E-state index contributed by atoms with van der Waals surface area (Å²) < 4.78 is 1.69. The molecule has 0 radical (unpaired) electrons. The Labute approximate surface area is 110 Å². The molecule has 0 bridgehead atoms. The highest BCUT2D eigenvalue weighted by Crippen LogP contribution is 2.23. The molecular weight excluding hydrogens is 238 g/mol. The van der Waals surface area contributed by atoms with E-state index in [9.17, 15) is 4.79 Å². The number of nitrogens with one attached hydrogen (secondary N) is 1. The Morgan fingerprint density at radius 1 is 1.16 bits per heavy atom. The van der Waals surface area contributed by atoms with E-state index in [1.165, 1.54) is 0 Å². The molecule has 2 aromatic carbocycles. The summed E-state index contributed by atoms with van der Waals surface area (Å²) in [6.45, 7) is 0. The lowest BCUT2D eigenvalue weighted by atomic mass is 10.1. The number of nitrogens with zero attached hydrogens (tertiary/aromatic N) is 2. The largest absolute Gasteiger partial charge is 0.330 e. The van der Waals surface area contributed by atoms with Crippen molar-refractivity contribution in [3.63, 3.8) is 0 Å². The molecule has 4 nitrogen and oxygen atoms in total. The topological polar surface area (TPSA) is 46.9 Å². The first-order valence-corrected chi connectivity index (χ1v) is 6.02. The van der Waals surface area contributed by atoms with Gasteiger partial charge in [-0.3, -0.25) is 4.79 Å². The molecule has 0 aliphatic rings. The van der Waals surface area contributed by atoms with Gasteiger partial charge in [-0.1, -0.05) is 36.4 Å². The van der Waals surface area contributed by atoms with E-state index in [1.807, 2.05) is 42.5 Å². The van der Waals surface area contributed by atoms with Crippen molar-refractivity contribution in [2.45, 2.75) is 0 Å². The monoisotopic (exact) mass is 251 g/mol. The Balaban J connectivity index is 1.98. The molecule has 0 unspecified atom stereocenters. The molecule has 3 rings (SSSR count). The van der Waals surface area contributed by atoms with Crippen LogP contribution in [0.5, 0.6) is 0 Å². The Hall–Kier alpha value is -2.62. The molecule has 94 valence electrons. The molecule has 1 heterocycles. The minimum atomic E-state index is -0.205. The highest BCUT2D eigenvalue weighted by atomic mass is 16.2. The number of hydrogen-bond donors (Lipinski definition) is 1. The first-order valence-electron chi connectivity index (χ1n) is 6.02. The Morgan fingerprint density at radius 3 is 2.74 bits per heavy atom. The number of rotatable bonds is 2. The number of aryl methyl sites for hydroxylation is 1. The second-order valence-corrected chi connectivity index (χ2v) is 4.34. The number of fused-ring (bicyclic) bond motifs is 1. The average Bonchev–Trinajstić information content (AvgIpc) is 2.85. The zero-order valence-corrected chi connectivity index (χ0v) is 10.5. The molecule has 0 aliphatic heterocycles. The summed E-state index contributed by atoms with van der Waals surface area (Å²) in [4.78, 5) is 16.2. The van der Waals surface area contributed by atoms with Crippen molar-refractivity contribution in [1.29, 1.82) is 0 Å². The summed E-state index contributed by atoms with van der Waals surface area (Å²) in [5.74, 6) is 0.191. The lowest BCUT2D eigenvalue weighted by molar-refractivity contribution is 0.101. The van der Waals surface area contributed by atoms with Gasteiger partial charge in [0.25, 0.3) is 5.91 Å². The Morgan fingerprint density at radius 2 is 1.95 bits per heavy atom. The van der Waals surface area contributed by atoms with Crippen LogP contribution in [0.15, 0.2) is 54.9 Å². The van der Waals surface area contributed by atoms with Gasteiger partial charge in [0.05, 0.1) is 0 Å². The molecular formula is C15H13N3O. The zero-order valence-electron chi connectivity index (χ0n) is 10.5. The summed E-state index contributed by atoms with van der Waals surface area (Å²) in [5, 5.41) is 5.02. The molecule has 3 aromatic rings. The predicted molar refractivity (Wildman–Crippen MR) is 75.1 cm³/mol. The molecule has 0 saturated carbocycles. The van der Waals surface area contributed by atoms with E-state index < -0.39 is 0 Å². The van der Waals surface area contributed by atoms with Gasteiger partial charge in [-0.2, -0.15) is 0 Å². The first-order chi connectivity index (χ1) is 9.25. The van der Waals surface area contributed by atoms with Gasteiger partial charge in [0.1, 0.15) is 0 Å². The number of benzene rings is 2. The third kappa shape index (κ3) is 2.08. The van der Waals surface area contributed by atoms with Gasteiger partial charge in [-0.05, 0) is 11.5 Å². The smallest absolute Gasteiger partial charge is 0.291 e. The van der Waals surface area contributed by atoms with E-state index in [0.717, 1.165) is 16.5 Å². The Kier molecular flexibility index (Phi) is 2.76. The van der Waals surface area contributed by atoms with E-state index in [0.29, 0.717) is 5.82 Å². The molecule has 0 aliphatic carbocycles. The number of hydrogen-bond acceptors (Lipinski definition) is 2. The lowest BCUT2D eigenvalue weighted by Crippen LogP contribution is -2.16. The van der Waals surface area contributed by atoms with Crippen LogP contribution in [0.3, 0.4) is 0 Å². The first kappa shape index (κ1) is 11.5. The standard InChI is InChI=1S/C15H13N3O/c1-18-10-9-16-14(18)15(19)17-13-8-4-6-11-5-2-3-7-12(11)13/h2-10H,1H3,(H,17,19). The quantitative estimate of drug-likeness (QED) is 0.761. The maximum absolute atomic E-state index is 12.1. The van der Waals surface area contributed by atoms with E-state index in [4.69, 9.17) is 0 Å². The Bertz CT molecular complexity index is 740. The van der Waals surface area contributed by atoms with Crippen LogP contribution in [0.1, 0.15) is 10.6 Å². The van der Waals surface area contributed by atoms with Crippen LogP contribution < -0.4 is 5.32 Å². The van der Waals surface area contributed by atoms with Gasteiger partial charge < -0.3 is 9.88 Å². The van der Waals surface area contributed by atoms with Crippen LogP contribution in [0.4, 0.5) is 5.69 Å². The van der Waals surface area contributed by atoms with E-state index in [1.54, 1.807) is 24.0 Å². The lowest BCUT2D eigenvalue weighted by Gasteiger charge is -2.08. The van der Waals surface area contributed by atoms with Crippen LogP contribution in [-0.2, 0) is 7.05 Å². The number of carbonyl (C=O) groups is 1. The van der Waals surface area contributed by atoms with Crippen LogP contribution in [0, 0.1) is 0 Å². The van der Waals surface area contributed by atoms with Crippen molar-refractivity contribution in [1.82, 2.24) is 9.55 Å². The molecule has 0 atom stereocenters. The minimum absolute atomic E-state index is 0.205. The van der Waals surface area contributed by atoms with Crippen molar-refractivity contribution in [3.05, 3.63) is 60.7 Å². The number of anilines is 1. The van der Waals surface area contributed by atoms with Crippen LogP contribution in [-0.4, -0.2) is 15.5 Å². The fourth-order valence-corrected chi connectivity index (χ4v) is 2.10. The number of amides is 1. The van der Waals surface area contributed by atoms with Gasteiger partial charge in [0, 0.05) is 30.5 Å². The molecule has 19 heavy (non-hydrogen) atoms. The SMILES string of the molecule is Cn1ccnc1C(=O)Nc1cccc2ccccc12. The molecule has 0 spiro atoms. The van der Waals surface area contributed by atoms with Gasteiger partial charge >= 0.3 is 0 Å². The fourth-order valence-electron chi connectivity index (χ4n) is 2.10. The second kappa shape index (κ2) is 4.57. The molecule has 1 amide bonds. The van der Waals surface area contributed by atoms with Crippen molar-refractivity contribution >= 4 is 22.4 Å². The molecule has 0 fully saturated rings. The van der Waals surface area contributed by atoms with Crippen molar-refractivity contribution < 1.29 is 4.79 Å². The van der Waals surface area contributed by atoms with Crippen LogP contribution in [0.25, 0.3) is 10.8 Å². The molecule has 0 saturated heterocycles. The van der Waals surface area contributed by atoms with Crippen molar-refractivity contribution in [2.24, 2.45) is 7.05 Å². The highest BCUT2D eigenvalue weighted by Gasteiger charge is 2.12.